The molecule has 31 heavy (non-hydrogen) atoms. The molecule has 2 aromatic heterocycles. The van der Waals surface area contributed by atoms with Gasteiger partial charge in [-0.25, -0.2) is 0 Å². The summed E-state index contributed by atoms with van der Waals surface area (Å²) in [6.45, 7) is 3.03. The fourth-order valence-electron chi connectivity index (χ4n) is 4.40. The average Bonchev–Trinajstić information content (AvgIpc) is 2.90. The monoisotopic (exact) mass is 581 g/mol. The van der Waals surface area contributed by atoms with E-state index in [4.69, 9.17) is 27.9 Å². The van der Waals surface area contributed by atoms with Crippen LogP contribution in [-0.4, -0.2) is 29.2 Å². The second-order valence-electron chi connectivity index (χ2n) is 7.50. The first kappa shape index (κ1) is 21.5. The van der Waals surface area contributed by atoms with Gasteiger partial charge in [-0.15, -0.1) is 0 Å². The highest BCUT2D eigenvalue weighted by Gasteiger charge is 2.22. The van der Waals surface area contributed by atoms with Gasteiger partial charge in [-0.1, -0.05) is 45.2 Å². The summed E-state index contributed by atoms with van der Waals surface area (Å²) in [5.41, 5.74) is 4.41. The van der Waals surface area contributed by atoms with Crippen molar-refractivity contribution in [3.63, 3.8) is 0 Å². The summed E-state index contributed by atoms with van der Waals surface area (Å²) in [6, 6.07) is 9.72. The minimum atomic E-state index is 0.485. The average molecular weight is 584 g/mol. The largest absolute Gasteiger partial charge is 0.488 e. The van der Waals surface area contributed by atoms with Gasteiger partial charge in [0, 0.05) is 40.1 Å². The third-order valence-corrected chi connectivity index (χ3v) is 7.59. The number of halogens is 4. The zero-order chi connectivity index (χ0) is 21.5. The van der Waals surface area contributed by atoms with Gasteiger partial charge in [-0.3, -0.25) is 4.98 Å². The first-order valence-electron chi connectivity index (χ1n) is 10.1. The summed E-state index contributed by atoms with van der Waals surface area (Å²) in [6.07, 6.45) is 3.65. The minimum Gasteiger partial charge on any atom is -0.488 e. The molecule has 4 aromatic rings. The standard InChI is InChI=1S/C23H19Br2Cl2N3O/c24-15-12-16(25)23(21-13(15)2-1-7-29-21)31-11-10-30-19-6-9-28-8-5-14(19)20-17(26)3-4-18(27)22(20)30/h1-4,7,12,28H,5-6,8-11H2. The van der Waals surface area contributed by atoms with Crippen molar-refractivity contribution in [1.82, 2.24) is 14.9 Å². The maximum absolute atomic E-state index is 6.65. The smallest absolute Gasteiger partial charge is 0.159 e. The number of fused-ring (bicyclic) bond motifs is 4. The van der Waals surface area contributed by atoms with Gasteiger partial charge in [0.1, 0.15) is 12.1 Å². The number of aromatic nitrogens is 2. The second-order valence-corrected chi connectivity index (χ2v) is 10.0. The van der Waals surface area contributed by atoms with Crippen LogP contribution in [0, 0.1) is 0 Å². The van der Waals surface area contributed by atoms with E-state index in [0.717, 1.165) is 72.5 Å². The molecular weight excluding hydrogens is 565 g/mol. The van der Waals surface area contributed by atoms with Crippen LogP contribution in [0.5, 0.6) is 5.75 Å². The quantitative estimate of drug-likeness (QED) is 0.288. The molecular formula is C23H19Br2Cl2N3O. The van der Waals surface area contributed by atoms with Crippen molar-refractivity contribution in [2.75, 3.05) is 19.7 Å². The molecule has 0 bridgehead atoms. The molecule has 0 amide bonds. The molecule has 8 heteroatoms. The van der Waals surface area contributed by atoms with Gasteiger partial charge in [-0.2, -0.15) is 0 Å². The third kappa shape index (κ3) is 3.87. The van der Waals surface area contributed by atoms with Crippen molar-refractivity contribution < 1.29 is 4.74 Å². The summed E-state index contributed by atoms with van der Waals surface area (Å²) in [5, 5.41) is 7.04. The Morgan fingerprint density at radius 1 is 1.06 bits per heavy atom. The fraction of sp³-hybridized carbons (Fsp3) is 0.261. The van der Waals surface area contributed by atoms with Crippen LogP contribution in [0.25, 0.3) is 21.8 Å². The molecule has 0 saturated heterocycles. The number of pyridine rings is 1. The molecule has 4 nitrogen and oxygen atoms in total. The van der Waals surface area contributed by atoms with Crippen molar-refractivity contribution in [2.24, 2.45) is 0 Å². The lowest BCUT2D eigenvalue weighted by Crippen LogP contribution is -2.18. The van der Waals surface area contributed by atoms with E-state index in [2.05, 4.69) is 46.7 Å². The number of ether oxygens (including phenoxy) is 1. The molecule has 5 rings (SSSR count). The van der Waals surface area contributed by atoms with Crippen LogP contribution in [0.15, 0.2) is 45.5 Å². The highest BCUT2D eigenvalue weighted by Crippen LogP contribution is 2.39. The van der Waals surface area contributed by atoms with Crippen molar-refractivity contribution in [2.45, 2.75) is 19.4 Å². The molecule has 1 aliphatic rings. The number of nitrogens with zero attached hydrogens (tertiary/aromatic N) is 2. The van der Waals surface area contributed by atoms with Gasteiger partial charge < -0.3 is 14.6 Å². The normalized spacial score (nSPS) is 14.1. The van der Waals surface area contributed by atoms with Crippen LogP contribution in [0.2, 0.25) is 10.0 Å². The van der Waals surface area contributed by atoms with E-state index in [9.17, 15) is 0 Å². The van der Waals surface area contributed by atoms with Crippen LogP contribution in [0.4, 0.5) is 0 Å². The lowest BCUT2D eigenvalue weighted by Gasteiger charge is -2.15. The lowest BCUT2D eigenvalue weighted by atomic mass is 10.1. The summed E-state index contributed by atoms with van der Waals surface area (Å²) in [4.78, 5) is 4.54. The third-order valence-electron chi connectivity index (χ3n) is 5.73. The fourth-order valence-corrected chi connectivity index (χ4v) is 6.32. The van der Waals surface area contributed by atoms with E-state index >= 15 is 0 Å². The maximum atomic E-state index is 6.65. The summed E-state index contributed by atoms with van der Waals surface area (Å²) in [7, 11) is 0. The van der Waals surface area contributed by atoms with E-state index in [1.165, 1.54) is 11.3 Å². The minimum absolute atomic E-state index is 0.485. The Morgan fingerprint density at radius 2 is 1.87 bits per heavy atom. The van der Waals surface area contributed by atoms with Gasteiger partial charge in [0.05, 0.1) is 26.6 Å². The van der Waals surface area contributed by atoms with Gasteiger partial charge >= 0.3 is 0 Å². The van der Waals surface area contributed by atoms with Crippen LogP contribution in [0.3, 0.4) is 0 Å². The first-order valence-corrected chi connectivity index (χ1v) is 12.4. The molecule has 1 N–H and O–H groups in total. The number of benzene rings is 2. The predicted octanol–water partition coefficient (Wildman–Crippen LogP) is 6.79. The molecule has 0 saturated carbocycles. The number of nitrogens with one attached hydrogen (secondary N) is 1. The van der Waals surface area contributed by atoms with Crippen molar-refractivity contribution in [3.05, 3.63) is 66.8 Å². The Kier molecular flexibility index (Phi) is 6.19. The summed E-state index contributed by atoms with van der Waals surface area (Å²) < 4.78 is 10.4. The van der Waals surface area contributed by atoms with Crippen LogP contribution < -0.4 is 10.1 Å². The summed E-state index contributed by atoms with van der Waals surface area (Å²) in [5.74, 6) is 0.743. The van der Waals surface area contributed by atoms with Crippen LogP contribution >= 0.6 is 55.1 Å². The van der Waals surface area contributed by atoms with Gasteiger partial charge in [0.2, 0.25) is 0 Å². The van der Waals surface area contributed by atoms with E-state index in [1.807, 2.05) is 30.3 Å². The van der Waals surface area contributed by atoms with E-state index in [1.54, 1.807) is 6.20 Å². The highest BCUT2D eigenvalue weighted by atomic mass is 79.9. The summed E-state index contributed by atoms with van der Waals surface area (Å²) >= 11 is 20.5. The Labute approximate surface area is 207 Å². The van der Waals surface area contributed by atoms with E-state index in [0.29, 0.717) is 13.2 Å². The van der Waals surface area contributed by atoms with Crippen LogP contribution in [-0.2, 0) is 19.4 Å². The highest BCUT2D eigenvalue weighted by molar-refractivity contribution is 9.11. The number of hydrogen-bond donors (Lipinski definition) is 1. The molecule has 0 fully saturated rings. The Bertz CT molecular complexity index is 1310. The zero-order valence-electron chi connectivity index (χ0n) is 16.5. The van der Waals surface area contributed by atoms with Gasteiger partial charge in [0.25, 0.3) is 0 Å². The van der Waals surface area contributed by atoms with Crippen molar-refractivity contribution >= 4 is 76.9 Å². The van der Waals surface area contributed by atoms with E-state index < -0.39 is 0 Å². The van der Waals surface area contributed by atoms with Crippen LogP contribution in [0.1, 0.15) is 11.3 Å². The molecule has 1 aliphatic heterocycles. The molecule has 0 atom stereocenters. The Morgan fingerprint density at radius 3 is 2.74 bits per heavy atom. The zero-order valence-corrected chi connectivity index (χ0v) is 21.2. The van der Waals surface area contributed by atoms with Crippen molar-refractivity contribution in [1.29, 1.82) is 0 Å². The molecule has 0 spiro atoms. The molecule has 0 radical (unpaired) electrons. The SMILES string of the molecule is Clc1ccc(Cl)c2c1c1c(n2CCOc2c(Br)cc(Br)c3cccnc23)CCNCC1. The molecule has 160 valence electrons. The molecule has 2 aromatic carbocycles. The Hall–Kier alpha value is -1.31. The molecule has 0 aliphatic carbocycles. The molecule has 3 heterocycles. The Balaban J connectivity index is 1.52. The predicted molar refractivity (Wildman–Crippen MR) is 135 cm³/mol. The lowest BCUT2D eigenvalue weighted by molar-refractivity contribution is 0.300. The first-order chi connectivity index (χ1) is 15.1. The van der Waals surface area contributed by atoms with Gasteiger partial charge in [0.15, 0.2) is 5.75 Å². The van der Waals surface area contributed by atoms with Crippen molar-refractivity contribution in [3.8, 4) is 5.75 Å². The van der Waals surface area contributed by atoms with E-state index in [-0.39, 0.29) is 0 Å². The van der Waals surface area contributed by atoms with Gasteiger partial charge in [-0.05, 0) is 58.7 Å². The second kappa shape index (κ2) is 8.91. The topological polar surface area (TPSA) is 39.1 Å². The molecule has 0 unspecified atom stereocenters. The maximum Gasteiger partial charge on any atom is 0.159 e. The number of hydrogen-bond acceptors (Lipinski definition) is 3. The number of rotatable bonds is 4.